The van der Waals surface area contributed by atoms with E-state index >= 15 is 0 Å². The van der Waals surface area contributed by atoms with E-state index in [1.807, 2.05) is 25.1 Å². The molecule has 0 spiro atoms. The van der Waals surface area contributed by atoms with Gasteiger partial charge in [0, 0.05) is 5.69 Å². The van der Waals surface area contributed by atoms with Crippen LogP contribution in [0.2, 0.25) is 0 Å². The van der Waals surface area contributed by atoms with Crippen LogP contribution in [0.1, 0.15) is 18.1 Å². The Labute approximate surface area is 111 Å². The number of amides is 1. The molecule has 0 saturated carbocycles. The number of anilines is 1. The van der Waals surface area contributed by atoms with Gasteiger partial charge in [-0.15, -0.1) is 11.8 Å². The molecule has 0 atom stereocenters. The zero-order valence-corrected chi connectivity index (χ0v) is 11.3. The maximum Gasteiger partial charge on any atom is 0.313 e. The smallest absolute Gasteiger partial charge is 0.313 e. The first-order valence-electron chi connectivity index (χ1n) is 5.72. The highest BCUT2D eigenvalue weighted by atomic mass is 32.2. The maximum absolute atomic E-state index is 11.6. The Bertz CT molecular complexity index is 446. The van der Waals surface area contributed by atoms with Gasteiger partial charge in [-0.2, -0.15) is 0 Å². The Hall–Kier alpha value is -1.49. The van der Waals surface area contributed by atoms with Crippen molar-refractivity contribution in [2.24, 2.45) is 0 Å². The fraction of sp³-hybridized carbons (Fsp3) is 0.385. The summed E-state index contributed by atoms with van der Waals surface area (Å²) < 4.78 is 0. The van der Waals surface area contributed by atoms with Gasteiger partial charge in [-0.05, 0) is 36.6 Å². The van der Waals surface area contributed by atoms with E-state index in [0.29, 0.717) is 0 Å². The van der Waals surface area contributed by atoms with Gasteiger partial charge < -0.3 is 10.4 Å². The summed E-state index contributed by atoms with van der Waals surface area (Å²) in [5.41, 5.74) is 3.17. The Kier molecular flexibility index (Phi) is 5.71. The molecule has 18 heavy (non-hydrogen) atoms. The van der Waals surface area contributed by atoms with Gasteiger partial charge >= 0.3 is 5.97 Å². The van der Waals surface area contributed by atoms with Crippen LogP contribution in [0.4, 0.5) is 5.69 Å². The van der Waals surface area contributed by atoms with Crippen LogP contribution in [0.5, 0.6) is 0 Å². The van der Waals surface area contributed by atoms with Crippen LogP contribution >= 0.6 is 11.8 Å². The molecular formula is C13H17NO3S. The molecule has 5 heteroatoms. The molecule has 0 aliphatic carbocycles. The first-order chi connectivity index (χ1) is 8.52. The fourth-order valence-corrected chi connectivity index (χ4v) is 2.09. The molecule has 0 aliphatic rings. The predicted octanol–water partition coefficient (Wildman–Crippen LogP) is 2.31. The molecule has 0 unspecified atom stereocenters. The van der Waals surface area contributed by atoms with Crippen LogP contribution in [-0.4, -0.2) is 28.5 Å². The van der Waals surface area contributed by atoms with E-state index in [-0.39, 0.29) is 17.4 Å². The molecule has 1 aromatic rings. The average molecular weight is 267 g/mol. The highest BCUT2D eigenvalue weighted by molar-refractivity contribution is 8.00. The number of carboxylic acid groups (broad SMARTS) is 1. The summed E-state index contributed by atoms with van der Waals surface area (Å²) in [6, 6.07) is 5.78. The maximum atomic E-state index is 11.6. The number of nitrogens with one attached hydrogen (secondary N) is 1. The van der Waals surface area contributed by atoms with Gasteiger partial charge in [-0.1, -0.05) is 13.0 Å². The molecule has 0 aliphatic heterocycles. The van der Waals surface area contributed by atoms with Crippen molar-refractivity contribution in [3.05, 3.63) is 29.3 Å². The molecule has 1 aromatic carbocycles. The first-order valence-corrected chi connectivity index (χ1v) is 6.87. The summed E-state index contributed by atoms with van der Waals surface area (Å²) in [5, 5.41) is 11.2. The molecule has 2 N–H and O–H groups in total. The van der Waals surface area contributed by atoms with Gasteiger partial charge in [0.25, 0.3) is 0 Å². The lowest BCUT2D eigenvalue weighted by Crippen LogP contribution is -2.15. The normalized spacial score (nSPS) is 10.1. The minimum Gasteiger partial charge on any atom is -0.481 e. The highest BCUT2D eigenvalue weighted by Crippen LogP contribution is 2.16. The summed E-state index contributed by atoms with van der Waals surface area (Å²) in [4.78, 5) is 21.9. The Balaban J connectivity index is 2.51. The summed E-state index contributed by atoms with van der Waals surface area (Å²) in [5.74, 6) is -0.980. The van der Waals surface area contributed by atoms with Crippen molar-refractivity contribution in [3.8, 4) is 0 Å². The van der Waals surface area contributed by atoms with Crippen molar-refractivity contribution in [2.75, 3.05) is 16.8 Å². The number of hydrogen-bond donors (Lipinski definition) is 2. The third kappa shape index (κ3) is 4.79. The first kappa shape index (κ1) is 14.6. The third-order valence-corrected chi connectivity index (χ3v) is 3.39. The number of aliphatic carboxylic acids is 1. The van der Waals surface area contributed by atoms with Gasteiger partial charge in [-0.25, -0.2) is 0 Å². The molecule has 98 valence electrons. The lowest BCUT2D eigenvalue weighted by atomic mass is 10.1. The van der Waals surface area contributed by atoms with Crippen LogP contribution in [0.15, 0.2) is 18.2 Å². The standard InChI is InChI=1S/C13H17NO3S/c1-3-10-6-11(5-4-9(10)2)14-12(15)7-18-8-13(16)17/h4-6H,3,7-8H2,1-2H3,(H,14,15)(H,16,17). The van der Waals surface area contributed by atoms with Crippen molar-refractivity contribution in [2.45, 2.75) is 20.3 Å². The van der Waals surface area contributed by atoms with Crippen LogP contribution in [0.3, 0.4) is 0 Å². The number of thioether (sulfide) groups is 1. The van der Waals surface area contributed by atoms with E-state index in [2.05, 4.69) is 12.2 Å². The zero-order valence-electron chi connectivity index (χ0n) is 10.5. The van der Waals surface area contributed by atoms with Gasteiger partial charge in [-0.3, -0.25) is 9.59 Å². The second-order valence-corrected chi connectivity index (χ2v) is 4.92. The monoisotopic (exact) mass is 267 g/mol. The minimum atomic E-state index is -0.906. The second kappa shape index (κ2) is 7.06. The lowest BCUT2D eigenvalue weighted by Gasteiger charge is -2.08. The lowest BCUT2D eigenvalue weighted by molar-refractivity contribution is -0.133. The Morgan fingerprint density at radius 3 is 2.67 bits per heavy atom. The number of carboxylic acids is 1. The summed E-state index contributed by atoms with van der Waals surface area (Å²) in [7, 11) is 0. The Morgan fingerprint density at radius 1 is 1.33 bits per heavy atom. The summed E-state index contributed by atoms with van der Waals surface area (Å²) >= 11 is 1.09. The van der Waals surface area contributed by atoms with Crippen molar-refractivity contribution < 1.29 is 14.7 Å². The average Bonchev–Trinajstić information content (AvgIpc) is 2.31. The van der Waals surface area contributed by atoms with Crippen molar-refractivity contribution in [1.29, 1.82) is 0 Å². The minimum absolute atomic E-state index is 0.0540. The van der Waals surface area contributed by atoms with Gasteiger partial charge in [0.1, 0.15) is 0 Å². The van der Waals surface area contributed by atoms with Gasteiger partial charge in [0.2, 0.25) is 5.91 Å². The van der Waals surface area contributed by atoms with E-state index in [4.69, 9.17) is 5.11 Å². The predicted molar refractivity (Wildman–Crippen MR) is 74.1 cm³/mol. The number of aryl methyl sites for hydroxylation is 2. The number of carbonyl (C=O) groups excluding carboxylic acids is 1. The van der Waals surface area contributed by atoms with E-state index in [1.54, 1.807) is 0 Å². The van der Waals surface area contributed by atoms with Crippen LogP contribution in [0.25, 0.3) is 0 Å². The van der Waals surface area contributed by atoms with Gasteiger partial charge in [0.15, 0.2) is 0 Å². The second-order valence-electron chi connectivity index (χ2n) is 3.93. The van der Waals surface area contributed by atoms with Crippen molar-refractivity contribution in [1.82, 2.24) is 0 Å². The van der Waals surface area contributed by atoms with E-state index < -0.39 is 5.97 Å². The number of rotatable bonds is 6. The summed E-state index contributed by atoms with van der Waals surface area (Å²) in [6.07, 6.45) is 0.920. The largest absolute Gasteiger partial charge is 0.481 e. The van der Waals surface area contributed by atoms with Crippen molar-refractivity contribution in [3.63, 3.8) is 0 Å². The molecule has 1 amide bonds. The molecule has 0 aromatic heterocycles. The molecule has 0 bridgehead atoms. The fourth-order valence-electron chi connectivity index (χ4n) is 1.56. The van der Waals surface area contributed by atoms with Crippen LogP contribution in [0, 0.1) is 6.92 Å². The van der Waals surface area contributed by atoms with Crippen molar-refractivity contribution >= 4 is 29.3 Å². The van der Waals surface area contributed by atoms with Crippen LogP contribution in [-0.2, 0) is 16.0 Å². The molecular weight excluding hydrogens is 250 g/mol. The third-order valence-electron chi connectivity index (χ3n) is 2.47. The van der Waals surface area contributed by atoms with E-state index in [0.717, 1.165) is 23.9 Å². The summed E-state index contributed by atoms with van der Waals surface area (Å²) in [6.45, 7) is 4.10. The molecule has 1 rings (SSSR count). The SMILES string of the molecule is CCc1cc(NC(=O)CSCC(=O)O)ccc1C. The van der Waals surface area contributed by atoms with E-state index in [1.165, 1.54) is 11.1 Å². The molecule has 0 radical (unpaired) electrons. The number of hydrogen-bond acceptors (Lipinski definition) is 3. The Morgan fingerprint density at radius 2 is 2.06 bits per heavy atom. The topological polar surface area (TPSA) is 66.4 Å². The van der Waals surface area contributed by atoms with Gasteiger partial charge in [0.05, 0.1) is 11.5 Å². The zero-order chi connectivity index (χ0) is 13.5. The van der Waals surface area contributed by atoms with Crippen LogP contribution < -0.4 is 5.32 Å². The molecule has 4 nitrogen and oxygen atoms in total. The molecule has 0 heterocycles. The van der Waals surface area contributed by atoms with E-state index in [9.17, 15) is 9.59 Å². The highest BCUT2D eigenvalue weighted by Gasteiger charge is 2.05. The molecule has 0 fully saturated rings. The quantitative estimate of drug-likeness (QED) is 0.830. The number of carbonyl (C=O) groups is 2. The number of benzene rings is 1. The molecule has 0 saturated heterocycles.